The molecule has 1 aromatic heterocycles. The molecule has 0 radical (unpaired) electrons. The number of thioether (sulfide) groups is 1. The highest BCUT2D eigenvalue weighted by molar-refractivity contribution is 8.01. The first-order valence-corrected chi connectivity index (χ1v) is 11.6. The molecule has 2 N–H and O–H groups in total. The zero-order valence-corrected chi connectivity index (χ0v) is 17.9. The van der Waals surface area contributed by atoms with Gasteiger partial charge in [0, 0.05) is 23.7 Å². The molecule has 0 spiro atoms. The van der Waals surface area contributed by atoms with Crippen LogP contribution in [0.15, 0.2) is 21.9 Å². The molecule has 5 nitrogen and oxygen atoms in total. The zero-order chi connectivity index (χ0) is 19.7. The lowest BCUT2D eigenvalue weighted by molar-refractivity contribution is 0.0509. The molecule has 2 rings (SSSR count). The van der Waals surface area contributed by atoms with Gasteiger partial charge in [0.2, 0.25) is 0 Å². The van der Waals surface area contributed by atoms with Crippen LogP contribution in [-0.4, -0.2) is 45.2 Å². The molecule has 0 unspecified atom stereocenters. The van der Waals surface area contributed by atoms with E-state index in [9.17, 15) is 9.90 Å². The van der Waals surface area contributed by atoms with E-state index in [0.717, 1.165) is 42.4 Å². The molecule has 27 heavy (non-hydrogen) atoms. The van der Waals surface area contributed by atoms with Crippen LogP contribution in [0.2, 0.25) is 0 Å². The first kappa shape index (κ1) is 22.4. The van der Waals surface area contributed by atoms with Crippen molar-refractivity contribution in [3.8, 4) is 0 Å². The number of aliphatic hydroxyl groups is 1. The van der Waals surface area contributed by atoms with E-state index < -0.39 is 11.6 Å². The van der Waals surface area contributed by atoms with Gasteiger partial charge < -0.3 is 14.9 Å². The van der Waals surface area contributed by atoms with Gasteiger partial charge in [0.1, 0.15) is 0 Å². The molecule has 1 fully saturated rings. The van der Waals surface area contributed by atoms with Gasteiger partial charge in [-0.25, -0.2) is 9.78 Å². The summed E-state index contributed by atoms with van der Waals surface area (Å²) >= 11 is 2.96. The minimum atomic E-state index is -0.979. The normalized spacial score (nSPS) is 22.3. The maximum atomic E-state index is 10.9. The summed E-state index contributed by atoms with van der Waals surface area (Å²) in [6, 6.07) is 0. The van der Waals surface area contributed by atoms with Crippen LogP contribution in [0, 0.1) is 5.92 Å². The van der Waals surface area contributed by atoms with Gasteiger partial charge in [0.25, 0.3) is 0 Å². The van der Waals surface area contributed by atoms with E-state index in [4.69, 9.17) is 9.84 Å². The second kappa shape index (κ2) is 11.2. The number of hydrogen-bond donors (Lipinski definition) is 2. The van der Waals surface area contributed by atoms with Gasteiger partial charge in [0.15, 0.2) is 10.0 Å². The van der Waals surface area contributed by atoms with Gasteiger partial charge in [-0.2, -0.15) is 0 Å². The average molecular weight is 414 g/mol. The van der Waals surface area contributed by atoms with E-state index in [0.29, 0.717) is 12.3 Å². The largest absolute Gasteiger partial charge is 0.476 e. The Hall–Kier alpha value is -0.890. The lowest BCUT2D eigenvalue weighted by atomic mass is 9.92. The van der Waals surface area contributed by atoms with E-state index >= 15 is 0 Å². The summed E-state index contributed by atoms with van der Waals surface area (Å²) in [6.45, 7) is 4.87. The number of thiazole rings is 1. The predicted octanol–water partition coefficient (Wildman–Crippen LogP) is 5.01. The summed E-state index contributed by atoms with van der Waals surface area (Å²) in [5, 5.41) is 21.0. The van der Waals surface area contributed by atoms with Crippen molar-refractivity contribution < 1.29 is 19.7 Å². The van der Waals surface area contributed by atoms with E-state index in [2.05, 4.69) is 24.1 Å². The number of hydrogen-bond acceptors (Lipinski definition) is 6. The van der Waals surface area contributed by atoms with Crippen LogP contribution >= 0.6 is 23.1 Å². The van der Waals surface area contributed by atoms with Crippen molar-refractivity contribution in [3.05, 3.63) is 23.2 Å². The first-order valence-electron chi connectivity index (χ1n) is 9.73. The molecule has 7 heteroatoms. The quantitative estimate of drug-likeness (QED) is 0.285. The number of ether oxygens (including phenoxy) is 1. The maximum Gasteiger partial charge on any atom is 0.355 e. The molecule has 1 saturated heterocycles. The Kier molecular flexibility index (Phi) is 9.29. The van der Waals surface area contributed by atoms with E-state index in [1.165, 1.54) is 24.2 Å². The Bertz CT molecular complexity index is 615. The lowest BCUT2D eigenvalue weighted by Gasteiger charge is -2.22. The van der Waals surface area contributed by atoms with Crippen LogP contribution in [0.5, 0.6) is 0 Å². The van der Waals surface area contributed by atoms with Gasteiger partial charge in [-0.15, -0.1) is 11.3 Å². The molecular formula is C20H31NO4S2. The molecule has 152 valence electrons. The number of carbonyl (C=O) groups is 1. The van der Waals surface area contributed by atoms with Crippen molar-refractivity contribution in [2.24, 2.45) is 5.92 Å². The smallest absolute Gasteiger partial charge is 0.355 e. The van der Waals surface area contributed by atoms with E-state index in [-0.39, 0.29) is 11.8 Å². The molecule has 1 aliphatic heterocycles. The predicted molar refractivity (Wildman–Crippen MR) is 111 cm³/mol. The standard InChI is InChI=1S/C20H31NO4S2/c1-3-4-5-10-20(2,24)11-6-7-15-8-12-25-17(15)9-13-26-19-21-16(14-27-19)18(22)23/h6-7,14-15,17,24H,3-5,8-13H2,1-2H3,(H,22,23)/b7-6+/t15-,17+,20-/m0/s1. The third-order valence-electron chi connectivity index (χ3n) is 4.85. The molecule has 0 aliphatic carbocycles. The fourth-order valence-electron chi connectivity index (χ4n) is 3.22. The van der Waals surface area contributed by atoms with Gasteiger partial charge in [-0.3, -0.25) is 0 Å². The lowest BCUT2D eigenvalue weighted by Crippen LogP contribution is -2.23. The van der Waals surface area contributed by atoms with Crippen LogP contribution in [0.25, 0.3) is 0 Å². The molecule has 0 saturated carbocycles. The third-order valence-corrected chi connectivity index (χ3v) is 6.90. The number of rotatable bonds is 12. The Morgan fingerprint density at radius 1 is 1.52 bits per heavy atom. The van der Waals surface area contributed by atoms with Crippen molar-refractivity contribution >= 4 is 29.1 Å². The van der Waals surface area contributed by atoms with Crippen LogP contribution in [0.4, 0.5) is 0 Å². The molecular weight excluding hydrogens is 382 g/mol. The third kappa shape index (κ3) is 7.94. The van der Waals surface area contributed by atoms with Crippen molar-refractivity contribution in [2.45, 2.75) is 74.8 Å². The topological polar surface area (TPSA) is 79.7 Å². The van der Waals surface area contributed by atoms with Crippen LogP contribution in [0.1, 0.15) is 69.3 Å². The van der Waals surface area contributed by atoms with E-state index in [1.54, 1.807) is 17.1 Å². The van der Waals surface area contributed by atoms with Gasteiger partial charge >= 0.3 is 5.97 Å². The number of aromatic carboxylic acids is 1. The molecule has 2 heterocycles. The number of carboxylic acids is 1. The number of nitrogens with zero attached hydrogens (tertiary/aromatic N) is 1. The Balaban J connectivity index is 1.73. The van der Waals surface area contributed by atoms with Crippen molar-refractivity contribution in [3.63, 3.8) is 0 Å². The maximum absolute atomic E-state index is 10.9. The molecule has 0 bridgehead atoms. The Morgan fingerprint density at radius 2 is 2.33 bits per heavy atom. The highest BCUT2D eigenvalue weighted by Crippen LogP contribution is 2.30. The molecule has 3 atom stereocenters. The van der Waals surface area contributed by atoms with Gasteiger partial charge in [-0.1, -0.05) is 50.1 Å². The summed E-state index contributed by atoms with van der Waals surface area (Å²) in [7, 11) is 0. The van der Waals surface area contributed by atoms with Crippen molar-refractivity contribution in [1.29, 1.82) is 0 Å². The minimum absolute atomic E-state index is 0.117. The zero-order valence-electron chi connectivity index (χ0n) is 16.2. The van der Waals surface area contributed by atoms with Crippen molar-refractivity contribution in [1.82, 2.24) is 4.98 Å². The van der Waals surface area contributed by atoms with E-state index in [1.807, 2.05) is 6.92 Å². The fraction of sp³-hybridized carbons (Fsp3) is 0.700. The summed E-state index contributed by atoms with van der Waals surface area (Å²) in [5.41, 5.74) is -0.505. The number of carboxylic acid groups (broad SMARTS) is 1. The number of aromatic nitrogens is 1. The monoisotopic (exact) mass is 413 g/mol. The minimum Gasteiger partial charge on any atom is -0.476 e. The summed E-state index contributed by atoms with van der Waals surface area (Å²) in [5.74, 6) is 0.270. The summed E-state index contributed by atoms with van der Waals surface area (Å²) in [4.78, 5) is 15.0. The second-order valence-electron chi connectivity index (χ2n) is 7.39. The Morgan fingerprint density at radius 3 is 3.04 bits per heavy atom. The molecule has 0 aromatic carbocycles. The highest BCUT2D eigenvalue weighted by atomic mass is 32.2. The average Bonchev–Trinajstić information content (AvgIpc) is 3.25. The van der Waals surface area contributed by atoms with Gasteiger partial charge in [0.05, 0.1) is 11.7 Å². The molecule has 0 amide bonds. The second-order valence-corrected chi connectivity index (χ2v) is 9.59. The van der Waals surface area contributed by atoms with Crippen LogP contribution < -0.4 is 0 Å². The fourth-order valence-corrected chi connectivity index (χ4v) is 5.09. The Labute approximate surface area is 170 Å². The SMILES string of the molecule is CCCCC[C@](C)(O)C/C=C/[C@H]1CCO[C@@H]1CCSc1nc(C(=O)O)cs1. The van der Waals surface area contributed by atoms with Crippen molar-refractivity contribution in [2.75, 3.05) is 12.4 Å². The van der Waals surface area contributed by atoms with Crippen LogP contribution in [-0.2, 0) is 4.74 Å². The molecule has 1 aliphatic rings. The first-order chi connectivity index (χ1) is 12.9. The van der Waals surface area contributed by atoms with Crippen LogP contribution in [0.3, 0.4) is 0 Å². The van der Waals surface area contributed by atoms with Gasteiger partial charge in [-0.05, 0) is 32.6 Å². The molecule has 1 aromatic rings. The number of unbranched alkanes of at least 4 members (excludes halogenated alkanes) is 2. The summed E-state index contributed by atoms with van der Waals surface area (Å²) in [6.07, 6.45) is 11.4. The highest BCUT2D eigenvalue weighted by Gasteiger charge is 2.26. The summed E-state index contributed by atoms with van der Waals surface area (Å²) < 4.78 is 6.66.